The van der Waals surface area contributed by atoms with E-state index in [0.717, 1.165) is 6.42 Å². The fraction of sp³-hybridized carbons (Fsp3) is 0.778. The van der Waals surface area contributed by atoms with Crippen molar-refractivity contribution in [2.75, 3.05) is 0 Å². The zero-order valence-electron chi connectivity index (χ0n) is 7.99. The van der Waals surface area contributed by atoms with Crippen LogP contribution in [-0.4, -0.2) is 34.0 Å². The maximum Gasteiger partial charge on any atom is 0.326 e. The van der Waals surface area contributed by atoms with Gasteiger partial charge < -0.3 is 10.0 Å². The highest BCUT2D eigenvalue weighted by molar-refractivity contribution is 5.84. The van der Waals surface area contributed by atoms with Crippen LogP contribution in [0.4, 0.5) is 0 Å². The van der Waals surface area contributed by atoms with E-state index in [2.05, 4.69) is 0 Å². The molecule has 0 bridgehead atoms. The largest absolute Gasteiger partial charge is 0.480 e. The van der Waals surface area contributed by atoms with Crippen LogP contribution in [-0.2, 0) is 9.59 Å². The van der Waals surface area contributed by atoms with Gasteiger partial charge >= 0.3 is 5.97 Å². The SMILES string of the molecule is CCC(=O)N1[C@H](C)CC[C@H]1C(=O)O. The van der Waals surface area contributed by atoms with Gasteiger partial charge in [-0.2, -0.15) is 0 Å². The second-order valence-corrected chi connectivity index (χ2v) is 3.43. The van der Waals surface area contributed by atoms with Crippen molar-refractivity contribution in [3.05, 3.63) is 0 Å². The minimum atomic E-state index is -0.883. The van der Waals surface area contributed by atoms with E-state index in [9.17, 15) is 9.59 Å². The van der Waals surface area contributed by atoms with Crippen LogP contribution in [0.25, 0.3) is 0 Å². The lowest BCUT2D eigenvalue weighted by atomic mass is 10.2. The molecule has 1 N–H and O–H groups in total. The summed E-state index contributed by atoms with van der Waals surface area (Å²) in [6.07, 6.45) is 1.76. The number of amides is 1. The average molecular weight is 185 g/mol. The first kappa shape index (κ1) is 10.0. The lowest BCUT2D eigenvalue weighted by molar-refractivity contribution is -0.149. The molecule has 0 spiro atoms. The maximum absolute atomic E-state index is 11.4. The highest BCUT2D eigenvalue weighted by Gasteiger charge is 2.37. The van der Waals surface area contributed by atoms with Gasteiger partial charge in [0.15, 0.2) is 0 Å². The van der Waals surface area contributed by atoms with E-state index in [1.807, 2.05) is 6.92 Å². The van der Waals surface area contributed by atoms with Crippen molar-refractivity contribution in [3.8, 4) is 0 Å². The van der Waals surface area contributed by atoms with Crippen LogP contribution in [0, 0.1) is 0 Å². The molecule has 1 rings (SSSR count). The molecule has 13 heavy (non-hydrogen) atoms. The minimum Gasteiger partial charge on any atom is -0.480 e. The molecule has 74 valence electrons. The number of carbonyl (C=O) groups excluding carboxylic acids is 1. The number of hydrogen-bond acceptors (Lipinski definition) is 2. The smallest absolute Gasteiger partial charge is 0.326 e. The quantitative estimate of drug-likeness (QED) is 0.694. The van der Waals surface area contributed by atoms with Crippen LogP contribution in [0.15, 0.2) is 0 Å². The highest BCUT2D eigenvalue weighted by atomic mass is 16.4. The Bertz CT molecular complexity index is 227. The van der Waals surface area contributed by atoms with Crippen molar-refractivity contribution in [2.24, 2.45) is 0 Å². The fourth-order valence-electron chi connectivity index (χ4n) is 1.83. The molecule has 0 saturated carbocycles. The molecule has 1 aliphatic heterocycles. The molecule has 0 radical (unpaired) electrons. The Morgan fingerprint density at radius 2 is 2.08 bits per heavy atom. The third kappa shape index (κ3) is 1.82. The molecule has 0 unspecified atom stereocenters. The van der Waals surface area contributed by atoms with Crippen LogP contribution < -0.4 is 0 Å². The molecule has 1 aliphatic rings. The van der Waals surface area contributed by atoms with Crippen LogP contribution in [0.3, 0.4) is 0 Å². The highest BCUT2D eigenvalue weighted by Crippen LogP contribution is 2.24. The molecule has 1 amide bonds. The number of rotatable bonds is 2. The second kappa shape index (κ2) is 3.77. The lowest BCUT2D eigenvalue weighted by Crippen LogP contribution is -2.43. The molecule has 4 heteroatoms. The Hall–Kier alpha value is -1.06. The van der Waals surface area contributed by atoms with Gasteiger partial charge in [0.05, 0.1) is 0 Å². The zero-order chi connectivity index (χ0) is 10.0. The van der Waals surface area contributed by atoms with Gasteiger partial charge in [-0.15, -0.1) is 0 Å². The van der Waals surface area contributed by atoms with E-state index in [1.165, 1.54) is 4.90 Å². The number of carbonyl (C=O) groups is 2. The lowest BCUT2D eigenvalue weighted by Gasteiger charge is -2.25. The molecule has 4 nitrogen and oxygen atoms in total. The summed E-state index contributed by atoms with van der Waals surface area (Å²) in [4.78, 5) is 23.7. The summed E-state index contributed by atoms with van der Waals surface area (Å²) >= 11 is 0. The van der Waals surface area contributed by atoms with Gasteiger partial charge in [0, 0.05) is 12.5 Å². The van der Waals surface area contributed by atoms with Crippen molar-refractivity contribution < 1.29 is 14.7 Å². The Morgan fingerprint density at radius 3 is 2.54 bits per heavy atom. The molecule has 1 saturated heterocycles. The summed E-state index contributed by atoms with van der Waals surface area (Å²) < 4.78 is 0. The van der Waals surface area contributed by atoms with Crippen LogP contribution in [0.5, 0.6) is 0 Å². The van der Waals surface area contributed by atoms with Gasteiger partial charge in [-0.05, 0) is 19.8 Å². The standard InChI is InChI=1S/C9H15NO3/c1-3-8(11)10-6(2)4-5-7(10)9(12)13/h6-7H,3-5H2,1-2H3,(H,12,13)/t6-,7+/m1/s1. The first-order chi connectivity index (χ1) is 6.07. The molecule has 0 aromatic carbocycles. The number of aliphatic carboxylic acids is 1. The molecule has 1 fully saturated rings. The van der Waals surface area contributed by atoms with E-state index < -0.39 is 12.0 Å². The summed E-state index contributed by atoms with van der Waals surface area (Å²) in [5, 5.41) is 8.85. The summed E-state index contributed by atoms with van der Waals surface area (Å²) in [5.41, 5.74) is 0. The number of carboxylic acid groups (broad SMARTS) is 1. The van der Waals surface area contributed by atoms with E-state index in [0.29, 0.717) is 12.8 Å². The molecule has 0 aromatic heterocycles. The number of hydrogen-bond donors (Lipinski definition) is 1. The first-order valence-electron chi connectivity index (χ1n) is 4.62. The second-order valence-electron chi connectivity index (χ2n) is 3.43. The van der Waals surface area contributed by atoms with E-state index in [-0.39, 0.29) is 11.9 Å². The third-order valence-corrected chi connectivity index (χ3v) is 2.54. The van der Waals surface area contributed by atoms with Crippen molar-refractivity contribution in [2.45, 2.75) is 45.2 Å². The number of carboxylic acids is 1. The van der Waals surface area contributed by atoms with E-state index in [1.54, 1.807) is 6.92 Å². The molecular formula is C9H15NO3. The van der Waals surface area contributed by atoms with Crippen LogP contribution in [0.1, 0.15) is 33.1 Å². The van der Waals surface area contributed by atoms with Crippen molar-refractivity contribution in [3.63, 3.8) is 0 Å². The molecule has 1 heterocycles. The van der Waals surface area contributed by atoms with Gasteiger partial charge in [-0.3, -0.25) is 4.79 Å². The Morgan fingerprint density at radius 1 is 1.46 bits per heavy atom. The molecule has 0 aliphatic carbocycles. The first-order valence-corrected chi connectivity index (χ1v) is 4.62. The predicted molar refractivity (Wildman–Crippen MR) is 47.3 cm³/mol. The van der Waals surface area contributed by atoms with E-state index >= 15 is 0 Å². The summed E-state index contributed by atoms with van der Waals surface area (Å²) in [6.45, 7) is 3.66. The van der Waals surface area contributed by atoms with Crippen LogP contribution in [0.2, 0.25) is 0 Å². The molecular weight excluding hydrogens is 170 g/mol. The fourth-order valence-corrected chi connectivity index (χ4v) is 1.83. The van der Waals surface area contributed by atoms with Gasteiger partial charge in [0.1, 0.15) is 6.04 Å². The topological polar surface area (TPSA) is 57.6 Å². The van der Waals surface area contributed by atoms with E-state index in [4.69, 9.17) is 5.11 Å². The van der Waals surface area contributed by atoms with Gasteiger partial charge in [-0.1, -0.05) is 6.92 Å². The zero-order valence-corrected chi connectivity index (χ0v) is 7.99. The normalized spacial score (nSPS) is 27.7. The van der Waals surface area contributed by atoms with Crippen molar-refractivity contribution >= 4 is 11.9 Å². The van der Waals surface area contributed by atoms with Crippen molar-refractivity contribution in [1.29, 1.82) is 0 Å². The third-order valence-electron chi connectivity index (χ3n) is 2.54. The number of nitrogens with zero attached hydrogens (tertiary/aromatic N) is 1. The maximum atomic E-state index is 11.4. The monoisotopic (exact) mass is 185 g/mol. The van der Waals surface area contributed by atoms with Gasteiger partial charge in [-0.25, -0.2) is 4.79 Å². The summed E-state index contributed by atoms with van der Waals surface area (Å²) in [6, 6.07) is -0.518. The minimum absolute atomic E-state index is 0.0580. The molecule has 2 atom stereocenters. The summed E-state index contributed by atoms with van der Waals surface area (Å²) in [7, 11) is 0. The summed E-state index contributed by atoms with van der Waals surface area (Å²) in [5.74, 6) is -0.941. The Balaban J connectivity index is 2.76. The van der Waals surface area contributed by atoms with Crippen LogP contribution >= 0.6 is 0 Å². The van der Waals surface area contributed by atoms with Gasteiger partial charge in [0.25, 0.3) is 0 Å². The molecule has 0 aromatic rings. The Kier molecular flexibility index (Phi) is 2.90. The average Bonchev–Trinajstić information content (AvgIpc) is 2.46. The van der Waals surface area contributed by atoms with Crippen molar-refractivity contribution in [1.82, 2.24) is 4.90 Å². The predicted octanol–water partition coefficient (Wildman–Crippen LogP) is 0.861. The van der Waals surface area contributed by atoms with Gasteiger partial charge in [0.2, 0.25) is 5.91 Å². The Labute approximate surface area is 77.5 Å². The number of likely N-dealkylation sites (tertiary alicyclic amines) is 1.